The van der Waals surface area contributed by atoms with Crippen LogP contribution < -0.4 is 0 Å². The molecule has 0 fully saturated rings. The third kappa shape index (κ3) is 3.01. The van der Waals surface area contributed by atoms with Gasteiger partial charge in [-0.2, -0.15) is 0 Å². The van der Waals surface area contributed by atoms with E-state index >= 15 is 0 Å². The van der Waals surface area contributed by atoms with Crippen LogP contribution in [0.4, 0.5) is 0 Å². The van der Waals surface area contributed by atoms with Crippen molar-refractivity contribution in [1.82, 2.24) is 35.1 Å². The first kappa shape index (κ1) is 15.6. The highest BCUT2D eigenvalue weighted by Crippen LogP contribution is 2.16. The van der Waals surface area contributed by atoms with Crippen LogP contribution in [0.3, 0.4) is 0 Å². The van der Waals surface area contributed by atoms with Crippen molar-refractivity contribution < 1.29 is 4.52 Å². The van der Waals surface area contributed by atoms with Crippen LogP contribution in [0.25, 0.3) is 22.2 Å². The summed E-state index contributed by atoms with van der Waals surface area (Å²) in [6.45, 7) is 2.45. The number of aromatic nitrogens is 7. The first-order chi connectivity index (χ1) is 13.2. The molecule has 0 saturated heterocycles. The number of pyridine rings is 1. The Morgan fingerprint density at radius 1 is 1.11 bits per heavy atom. The minimum atomic E-state index is 0.523. The minimum Gasteiger partial charge on any atom is -0.361 e. The van der Waals surface area contributed by atoms with E-state index in [2.05, 4.69) is 36.5 Å². The summed E-state index contributed by atoms with van der Waals surface area (Å²) >= 11 is 0. The molecular formula is C19H15N7O. The Labute approximate surface area is 153 Å². The van der Waals surface area contributed by atoms with E-state index in [1.54, 1.807) is 17.1 Å². The smallest absolute Gasteiger partial charge is 0.221 e. The normalized spacial score (nSPS) is 11.4. The molecule has 0 aliphatic carbocycles. The van der Waals surface area contributed by atoms with Gasteiger partial charge >= 0.3 is 0 Å². The quantitative estimate of drug-likeness (QED) is 0.488. The first-order valence-electron chi connectivity index (χ1n) is 8.55. The van der Waals surface area contributed by atoms with Crippen molar-refractivity contribution in [1.29, 1.82) is 0 Å². The summed E-state index contributed by atoms with van der Waals surface area (Å²) in [7, 11) is 0. The molecule has 8 heteroatoms. The van der Waals surface area contributed by atoms with Crippen LogP contribution in [-0.4, -0.2) is 35.1 Å². The Bertz CT molecular complexity index is 1260. The second-order valence-corrected chi connectivity index (χ2v) is 6.40. The zero-order chi connectivity index (χ0) is 18.2. The molecule has 27 heavy (non-hydrogen) atoms. The third-order valence-electron chi connectivity index (χ3n) is 4.31. The Morgan fingerprint density at radius 2 is 2.07 bits per heavy atom. The highest BCUT2D eigenvalue weighted by Gasteiger charge is 2.11. The Hall–Kier alpha value is -3.68. The maximum Gasteiger partial charge on any atom is 0.221 e. The number of fused-ring (bicyclic) bond motifs is 2. The summed E-state index contributed by atoms with van der Waals surface area (Å²) in [5, 5.41) is 13.3. The van der Waals surface area contributed by atoms with E-state index in [0.29, 0.717) is 24.3 Å². The number of hydrogen-bond acceptors (Lipinski definition) is 7. The second kappa shape index (κ2) is 6.24. The van der Waals surface area contributed by atoms with E-state index < -0.39 is 0 Å². The second-order valence-electron chi connectivity index (χ2n) is 6.40. The molecule has 132 valence electrons. The maximum absolute atomic E-state index is 5.27. The SMILES string of the molecule is Cc1cc(Cc2cnc3nnn(Cc4ccc5ncccc5c4)c3n2)on1. The summed E-state index contributed by atoms with van der Waals surface area (Å²) in [4.78, 5) is 13.4. The third-order valence-corrected chi connectivity index (χ3v) is 4.31. The Kier molecular flexibility index (Phi) is 3.60. The largest absolute Gasteiger partial charge is 0.361 e. The standard InChI is InChI=1S/C19H15N7O/c1-12-7-16(27-24-12)9-15-10-21-18-19(22-15)26(25-23-18)11-13-4-5-17-14(8-13)3-2-6-20-17/h2-8,10H,9,11H2,1H3. The van der Waals surface area contributed by atoms with Gasteiger partial charge in [-0.15, -0.1) is 5.10 Å². The van der Waals surface area contributed by atoms with Gasteiger partial charge in [-0.3, -0.25) is 4.98 Å². The number of nitrogens with zero attached hydrogens (tertiary/aromatic N) is 7. The molecule has 0 unspecified atom stereocenters. The molecule has 0 radical (unpaired) electrons. The van der Waals surface area contributed by atoms with Crippen molar-refractivity contribution in [3.05, 3.63) is 71.5 Å². The Balaban J connectivity index is 1.47. The van der Waals surface area contributed by atoms with Crippen molar-refractivity contribution in [3.63, 3.8) is 0 Å². The molecule has 1 aromatic carbocycles. The van der Waals surface area contributed by atoms with Crippen LogP contribution in [0.2, 0.25) is 0 Å². The lowest BCUT2D eigenvalue weighted by Gasteiger charge is -2.04. The highest BCUT2D eigenvalue weighted by molar-refractivity contribution is 5.79. The summed E-state index contributed by atoms with van der Waals surface area (Å²) in [6, 6.07) is 12.0. The first-order valence-corrected chi connectivity index (χ1v) is 8.55. The van der Waals surface area contributed by atoms with E-state index in [0.717, 1.165) is 33.6 Å². The van der Waals surface area contributed by atoms with Crippen molar-refractivity contribution in [2.75, 3.05) is 0 Å². The molecule has 4 heterocycles. The van der Waals surface area contributed by atoms with E-state index in [1.807, 2.05) is 37.3 Å². The zero-order valence-corrected chi connectivity index (χ0v) is 14.6. The summed E-state index contributed by atoms with van der Waals surface area (Å²) in [5.41, 5.74) is 4.86. The minimum absolute atomic E-state index is 0.523. The van der Waals surface area contributed by atoms with E-state index in [-0.39, 0.29) is 0 Å². The van der Waals surface area contributed by atoms with Crippen molar-refractivity contribution >= 4 is 22.2 Å². The van der Waals surface area contributed by atoms with Crippen molar-refractivity contribution in [3.8, 4) is 0 Å². The predicted octanol–water partition coefficient (Wildman–Crippen LogP) is 2.71. The molecule has 0 amide bonds. The summed E-state index contributed by atoms with van der Waals surface area (Å²) in [6.07, 6.45) is 4.01. The highest BCUT2D eigenvalue weighted by atomic mass is 16.5. The fraction of sp³-hybridized carbons (Fsp3) is 0.158. The van der Waals surface area contributed by atoms with E-state index in [9.17, 15) is 0 Å². The molecular weight excluding hydrogens is 342 g/mol. The summed E-state index contributed by atoms with van der Waals surface area (Å²) in [5.74, 6) is 0.752. The number of rotatable bonds is 4. The number of benzene rings is 1. The number of hydrogen-bond donors (Lipinski definition) is 0. The lowest BCUT2D eigenvalue weighted by molar-refractivity contribution is 0.385. The molecule has 0 aliphatic rings. The van der Waals surface area contributed by atoms with Crippen LogP contribution in [0.5, 0.6) is 0 Å². The van der Waals surface area contributed by atoms with Crippen LogP contribution in [0.15, 0.2) is 53.3 Å². The molecule has 0 aliphatic heterocycles. The van der Waals surface area contributed by atoms with Gasteiger partial charge in [0.25, 0.3) is 0 Å². The lowest BCUT2D eigenvalue weighted by atomic mass is 10.1. The summed E-state index contributed by atoms with van der Waals surface area (Å²) < 4.78 is 7.03. The van der Waals surface area contributed by atoms with Gasteiger partial charge < -0.3 is 4.52 Å². The molecule has 0 N–H and O–H groups in total. The molecule has 5 aromatic rings. The topological polar surface area (TPSA) is 95.4 Å². The lowest BCUT2D eigenvalue weighted by Crippen LogP contribution is -2.04. The van der Waals surface area contributed by atoms with E-state index in [4.69, 9.17) is 4.52 Å². The fourth-order valence-electron chi connectivity index (χ4n) is 3.06. The van der Waals surface area contributed by atoms with Crippen LogP contribution in [0, 0.1) is 6.92 Å². The van der Waals surface area contributed by atoms with Gasteiger partial charge in [0.1, 0.15) is 5.76 Å². The average Bonchev–Trinajstić information content (AvgIpc) is 3.28. The molecule has 4 aromatic heterocycles. The predicted molar refractivity (Wildman–Crippen MR) is 98.0 cm³/mol. The maximum atomic E-state index is 5.27. The molecule has 0 saturated carbocycles. The molecule has 0 spiro atoms. The monoisotopic (exact) mass is 357 g/mol. The van der Waals surface area contributed by atoms with Crippen LogP contribution in [0.1, 0.15) is 22.7 Å². The number of aryl methyl sites for hydroxylation is 1. The average molecular weight is 357 g/mol. The van der Waals surface area contributed by atoms with Gasteiger partial charge in [-0.25, -0.2) is 14.6 Å². The van der Waals surface area contributed by atoms with Crippen LogP contribution >= 0.6 is 0 Å². The van der Waals surface area contributed by atoms with Gasteiger partial charge in [0.05, 0.1) is 36.1 Å². The fourth-order valence-corrected chi connectivity index (χ4v) is 3.06. The zero-order valence-electron chi connectivity index (χ0n) is 14.6. The van der Waals surface area contributed by atoms with E-state index in [1.165, 1.54) is 0 Å². The van der Waals surface area contributed by atoms with Gasteiger partial charge in [-0.1, -0.05) is 22.5 Å². The van der Waals surface area contributed by atoms with Gasteiger partial charge in [0, 0.05) is 17.6 Å². The molecule has 0 atom stereocenters. The van der Waals surface area contributed by atoms with Gasteiger partial charge in [0.2, 0.25) is 5.65 Å². The van der Waals surface area contributed by atoms with Crippen molar-refractivity contribution in [2.45, 2.75) is 19.9 Å². The van der Waals surface area contributed by atoms with Crippen molar-refractivity contribution in [2.24, 2.45) is 0 Å². The van der Waals surface area contributed by atoms with Gasteiger partial charge in [-0.05, 0) is 30.7 Å². The van der Waals surface area contributed by atoms with Gasteiger partial charge in [0.15, 0.2) is 5.65 Å². The molecule has 0 bridgehead atoms. The molecule has 8 nitrogen and oxygen atoms in total. The molecule has 5 rings (SSSR count). The van der Waals surface area contributed by atoms with Crippen LogP contribution in [-0.2, 0) is 13.0 Å². The Morgan fingerprint density at radius 3 is 2.96 bits per heavy atom.